The highest BCUT2D eigenvalue weighted by molar-refractivity contribution is 8.69. The largest absolute Gasteiger partial charge is 0.478 e. The van der Waals surface area contributed by atoms with Crippen molar-refractivity contribution >= 4 is 31.5 Å². The molecule has 2 N–H and O–H groups in total. The Hall–Kier alpha value is -0.540. The Morgan fingerprint density at radius 2 is 2.21 bits per heavy atom. The number of hydrogen-bond donors (Lipinski definition) is 2. The first-order valence-corrected chi connectivity index (χ1v) is 8.86. The van der Waals surface area contributed by atoms with Gasteiger partial charge in [0.15, 0.2) is 0 Å². The molecule has 1 aromatic rings. The Bertz CT molecular complexity index is 467. The Kier molecular flexibility index (Phi) is 7.47. The Balaban J connectivity index is 1.98. The van der Waals surface area contributed by atoms with Crippen LogP contribution in [0.15, 0.2) is 18.3 Å². The van der Waals surface area contributed by atoms with E-state index in [1.807, 2.05) is 0 Å². The summed E-state index contributed by atoms with van der Waals surface area (Å²) in [5.74, 6) is 0.824. The molecular weight excluding hydrogens is 312 g/mol. The fraction of sp³-hybridized carbons (Fsp3) is 0.500. The first kappa shape index (κ1) is 16.5. The van der Waals surface area contributed by atoms with Crippen LogP contribution in [-0.4, -0.2) is 43.4 Å². The van der Waals surface area contributed by atoms with E-state index in [9.17, 15) is 8.42 Å². The first-order chi connectivity index (χ1) is 8.97. The molecule has 0 spiro atoms. The molecule has 19 heavy (non-hydrogen) atoms. The third-order valence-corrected chi connectivity index (χ3v) is 4.24. The summed E-state index contributed by atoms with van der Waals surface area (Å²) in [6.07, 6.45) is 2.28. The molecule has 0 radical (unpaired) electrons. The number of pyridine rings is 1. The number of nitrogens with zero attached hydrogens (tertiary/aromatic N) is 1. The van der Waals surface area contributed by atoms with E-state index >= 15 is 0 Å². The summed E-state index contributed by atoms with van der Waals surface area (Å²) in [6, 6.07) is 3.40. The summed E-state index contributed by atoms with van der Waals surface area (Å²) in [6.45, 7) is 1.70. The van der Waals surface area contributed by atoms with Crippen molar-refractivity contribution in [1.82, 2.24) is 10.3 Å². The normalized spacial score (nSPS) is 11.5. The van der Waals surface area contributed by atoms with Gasteiger partial charge in [-0.2, -0.15) is 8.42 Å². The minimum atomic E-state index is -3.93. The quantitative estimate of drug-likeness (QED) is 0.405. The molecule has 0 aliphatic rings. The van der Waals surface area contributed by atoms with Gasteiger partial charge in [-0.1, -0.05) is 11.6 Å². The maximum Gasteiger partial charge on any atom is 0.319 e. The van der Waals surface area contributed by atoms with Crippen molar-refractivity contribution in [3.8, 4) is 5.88 Å². The molecule has 108 valence electrons. The van der Waals surface area contributed by atoms with Crippen LogP contribution in [0.4, 0.5) is 0 Å². The summed E-state index contributed by atoms with van der Waals surface area (Å²) in [5.41, 5.74) is 0. The second-order valence-electron chi connectivity index (χ2n) is 3.52. The van der Waals surface area contributed by atoms with E-state index in [-0.39, 0.29) is 0 Å². The molecular formula is C10H15ClN2O4S2. The van der Waals surface area contributed by atoms with Gasteiger partial charge in [0.1, 0.15) is 0 Å². The lowest BCUT2D eigenvalue weighted by molar-refractivity contribution is 0.297. The third-order valence-electron chi connectivity index (χ3n) is 1.96. The smallest absolute Gasteiger partial charge is 0.319 e. The molecule has 0 amide bonds. The summed E-state index contributed by atoms with van der Waals surface area (Å²) in [4.78, 5) is 3.98. The van der Waals surface area contributed by atoms with Gasteiger partial charge in [-0.25, -0.2) is 4.98 Å². The second-order valence-corrected chi connectivity index (χ2v) is 7.42. The average molecular weight is 327 g/mol. The molecule has 0 aliphatic heterocycles. The van der Waals surface area contributed by atoms with Crippen molar-refractivity contribution in [2.45, 2.75) is 6.42 Å². The first-order valence-electron chi connectivity index (χ1n) is 5.54. The lowest BCUT2D eigenvalue weighted by Gasteiger charge is -2.06. The number of halogens is 1. The molecule has 1 heterocycles. The van der Waals surface area contributed by atoms with E-state index in [0.29, 0.717) is 47.1 Å². The van der Waals surface area contributed by atoms with Crippen LogP contribution in [0.2, 0.25) is 5.02 Å². The minimum absolute atomic E-state index is 0.304. The molecule has 9 heteroatoms. The van der Waals surface area contributed by atoms with Crippen LogP contribution in [0, 0.1) is 0 Å². The summed E-state index contributed by atoms with van der Waals surface area (Å²) in [7, 11) is -3.42. The van der Waals surface area contributed by atoms with Gasteiger partial charge >= 0.3 is 9.15 Å². The predicted octanol–water partition coefficient (Wildman–Crippen LogP) is 1.63. The zero-order valence-electron chi connectivity index (χ0n) is 10.1. The molecule has 1 aromatic heterocycles. The standard InChI is InChI=1S/C10H15ClN2O4S2/c11-9-2-3-10(13-8-9)17-6-1-4-12-5-7-18-19(14,15)16/h2-3,8,12H,1,4-7H2,(H,14,15,16). The van der Waals surface area contributed by atoms with Gasteiger partial charge in [-0.3, -0.25) is 4.55 Å². The van der Waals surface area contributed by atoms with Gasteiger partial charge in [0.05, 0.1) is 11.6 Å². The Morgan fingerprint density at radius 1 is 1.42 bits per heavy atom. The molecule has 0 aromatic carbocycles. The maximum absolute atomic E-state index is 10.4. The monoisotopic (exact) mass is 326 g/mol. The van der Waals surface area contributed by atoms with Gasteiger partial charge < -0.3 is 10.1 Å². The highest BCUT2D eigenvalue weighted by atomic mass is 35.5. The van der Waals surface area contributed by atoms with Crippen LogP contribution in [0.5, 0.6) is 5.88 Å². The van der Waals surface area contributed by atoms with Crippen molar-refractivity contribution in [3.05, 3.63) is 23.4 Å². The van der Waals surface area contributed by atoms with E-state index in [2.05, 4.69) is 10.3 Å². The highest BCUT2D eigenvalue weighted by Gasteiger charge is 2.03. The SMILES string of the molecule is O=S(=O)(O)SCCNCCCOc1ccc(Cl)cn1. The number of nitrogens with one attached hydrogen (secondary N) is 1. The third kappa shape index (κ3) is 9.06. The summed E-state index contributed by atoms with van der Waals surface area (Å²) >= 11 is 5.69. The fourth-order valence-corrected chi connectivity index (χ4v) is 2.60. The molecule has 1 rings (SSSR count). The van der Waals surface area contributed by atoms with Crippen molar-refractivity contribution < 1.29 is 17.7 Å². The van der Waals surface area contributed by atoms with Crippen molar-refractivity contribution in [1.29, 1.82) is 0 Å². The molecule has 0 aliphatic carbocycles. The zero-order valence-corrected chi connectivity index (χ0v) is 12.5. The molecule has 6 nitrogen and oxygen atoms in total. The van der Waals surface area contributed by atoms with E-state index in [1.54, 1.807) is 12.1 Å². The Morgan fingerprint density at radius 3 is 2.84 bits per heavy atom. The molecule has 0 unspecified atom stereocenters. The van der Waals surface area contributed by atoms with Crippen molar-refractivity contribution in [2.75, 3.05) is 25.4 Å². The van der Waals surface area contributed by atoms with Crippen molar-refractivity contribution in [3.63, 3.8) is 0 Å². The lowest BCUT2D eigenvalue weighted by Crippen LogP contribution is -2.20. The molecule has 0 bridgehead atoms. The van der Waals surface area contributed by atoms with E-state index in [1.165, 1.54) is 6.20 Å². The van der Waals surface area contributed by atoms with E-state index < -0.39 is 9.15 Å². The Labute approximate surface area is 121 Å². The number of rotatable bonds is 9. The zero-order chi connectivity index (χ0) is 14.1. The van der Waals surface area contributed by atoms with Gasteiger partial charge in [-0.15, -0.1) is 0 Å². The van der Waals surface area contributed by atoms with Crippen LogP contribution in [0.3, 0.4) is 0 Å². The van der Waals surface area contributed by atoms with Crippen LogP contribution in [0.1, 0.15) is 6.42 Å². The maximum atomic E-state index is 10.4. The van der Waals surface area contributed by atoms with Crippen LogP contribution in [0.25, 0.3) is 0 Å². The van der Waals surface area contributed by atoms with Gasteiger partial charge in [0.25, 0.3) is 0 Å². The summed E-state index contributed by atoms with van der Waals surface area (Å²) < 4.78 is 34.6. The topological polar surface area (TPSA) is 88.5 Å². The minimum Gasteiger partial charge on any atom is -0.478 e. The number of hydrogen-bond acceptors (Lipinski definition) is 6. The highest BCUT2D eigenvalue weighted by Crippen LogP contribution is 2.11. The van der Waals surface area contributed by atoms with Gasteiger partial charge in [0, 0.05) is 24.6 Å². The van der Waals surface area contributed by atoms with E-state index in [4.69, 9.17) is 20.9 Å². The predicted molar refractivity (Wildman–Crippen MR) is 76.2 cm³/mol. The van der Waals surface area contributed by atoms with Crippen LogP contribution >= 0.6 is 22.4 Å². The average Bonchev–Trinajstić information content (AvgIpc) is 2.33. The van der Waals surface area contributed by atoms with Crippen LogP contribution < -0.4 is 10.1 Å². The summed E-state index contributed by atoms with van der Waals surface area (Å²) in [5, 5.41) is 3.60. The fourth-order valence-electron chi connectivity index (χ4n) is 1.17. The van der Waals surface area contributed by atoms with E-state index in [0.717, 1.165) is 6.42 Å². The molecule has 0 fully saturated rings. The molecule has 0 saturated heterocycles. The van der Waals surface area contributed by atoms with Crippen LogP contribution in [-0.2, 0) is 9.15 Å². The van der Waals surface area contributed by atoms with Gasteiger partial charge in [0.2, 0.25) is 5.88 Å². The lowest BCUT2D eigenvalue weighted by atomic mass is 10.4. The van der Waals surface area contributed by atoms with Crippen molar-refractivity contribution in [2.24, 2.45) is 0 Å². The molecule has 0 saturated carbocycles. The second kappa shape index (κ2) is 8.60. The number of ether oxygens (including phenoxy) is 1. The van der Waals surface area contributed by atoms with Gasteiger partial charge in [-0.05, 0) is 29.8 Å². The number of aromatic nitrogens is 1. The molecule has 0 atom stereocenters.